The molecule has 0 aromatic heterocycles. The van der Waals surface area contributed by atoms with E-state index in [2.05, 4.69) is 5.32 Å². The molecule has 0 saturated carbocycles. The lowest BCUT2D eigenvalue weighted by Crippen LogP contribution is -2.30. The van der Waals surface area contributed by atoms with Gasteiger partial charge >= 0.3 is 5.97 Å². The molecule has 0 radical (unpaired) electrons. The van der Waals surface area contributed by atoms with E-state index in [4.69, 9.17) is 16.3 Å². The van der Waals surface area contributed by atoms with Crippen molar-refractivity contribution >= 4 is 40.7 Å². The van der Waals surface area contributed by atoms with Crippen molar-refractivity contribution in [3.63, 3.8) is 0 Å². The first-order valence-corrected chi connectivity index (χ1v) is 9.04. The van der Waals surface area contributed by atoms with Gasteiger partial charge in [0.2, 0.25) is 0 Å². The minimum absolute atomic E-state index is 0.0323. The highest BCUT2D eigenvalue weighted by Gasteiger charge is 2.19. The van der Waals surface area contributed by atoms with Crippen LogP contribution in [-0.4, -0.2) is 29.5 Å². The summed E-state index contributed by atoms with van der Waals surface area (Å²) >= 11 is 5.77. The summed E-state index contributed by atoms with van der Waals surface area (Å²) in [6.45, 7) is 2.86. The highest BCUT2D eigenvalue weighted by molar-refractivity contribution is 6.30. The van der Waals surface area contributed by atoms with Crippen LogP contribution < -0.4 is 5.32 Å². The Labute approximate surface area is 167 Å². The van der Waals surface area contributed by atoms with E-state index in [0.29, 0.717) is 21.8 Å². The van der Waals surface area contributed by atoms with Gasteiger partial charge < -0.3 is 10.1 Å². The molecule has 28 heavy (non-hydrogen) atoms. The fourth-order valence-electron chi connectivity index (χ4n) is 2.37. The number of halogens is 1. The van der Waals surface area contributed by atoms with Gasteiger partial charge in [-0.1, -0.05) is 23.7 Å². The van der Waals surface area contributed by atoms with Gasteiger partial charge in [-0.25, -0.2) is 0 Å². The monoisotopic (exact) mass is 401 g/mol. The van der Waals surface area contributed by atoms with E-state index >= 15 is 0 Å². The van der Waals surface area contributed by atoms with Crippen molar-refractivity contribution in [1.82, 2.24) is 0 Å². The summed E-state index contributed by atoms with van der Waals surface area (Å²) in [5.74, 6) is -1.52. The third-order valence-electron chi connectivity index (χ3n) is 3.94. The quantitative estimate of drug-likeness (QED) is 0.531. The molecule has 146 valence electrons. The van der Waals surface area contributed by atoms with Gasteiger partial charge in [-0.15, -0.1) is 0 Å². The van der Waals surface area contributed by atoms with Crippen LogP contribution in [0.2, 0.25) is 5.02 Å². The van der Waals surface area contributed by atoms with Crippen LogP contribution in [0.5, 0.6) is 0 Å². The van der Waals surface area contributed by atoms with Crippen LogP contribution in [0.3, 0.4) is 0 Å². The lowest BCUT2D eigenvalue weighted by atomic mass is 10.1. The van der Waals surface area contributed by atoms with Gasteiger partial charge in [0.25, 0.3) is 5.91 Å². The largest absolute Gasteiger partial charge is 0.453 e. The molecule has 0 aliphatic heterocycles. The molecule has 2 aromatic carbocycles. The van der Waals surface area contributed by atoms with Crippen molar-refractivity contribution < 1.29 is 23.9 Å². The molecule has 0 unspecified atom stereocenters. The Kier molecular flexibility index (Phi) is 7.46. The Morgan fingerprint density at radius 2 is 1.68 bits per heavy atom. The maximum atomic E-state index is 12.2. The molecule has 0 saturated heterocycles. The molecule has 0 spiro atoms. The number of rotatable bonds is 8. The van der Waals surface area contributed by atoms with Crippen LogP contribution in [0.25, 0.3) is 0 Å². The Bertz CT molecular complexity index is 892. The van der Waals surface area contributed by atoms with E-state index in [9.17, 15) is 19.2 Å². The number of nitrogens with one attached hydrogen (secondary N) is 1. The molecule has 1 N–H and O–H groups in total. The smallest absolute Gasteiger partial charge is 0.307 e. The number of Topliss-reactive ketones (excluding diaryl/α,β-unsaturated/α-hetero) is 2. The Hall–Kier alpha value is -2.99. The molecular weight excluding hydrogens is 382 g/mol. The first-order valence-electron chi connectivity index (χ1n) is 8.66. The van der Waals surface area contributed by atoms with Crippen LogP contribution in [0, 0.1) is 0 Å². The Balaban J connectivity index is 1.83. The Morgan fingerprint density at radius 1 is 1.00 bits per heavy atom. The fraction of sp³-hybridized carbons (Fsp3) is 0.238. The van der Waals surface area contributed by atoms with Crippen molar-refractivity contribution in [2.24, 2.45) is 0 Å². The first-order chi connectivity index (χ1) is 13.3. The summed E-state index contributed by atoms with van der Waals surface area (Å²) in [4.78, 5) is 47.5. The topological polar surface area (TPSA) is 89.5 Å². The molecule has 2 aromatic rings. The molecule has 7 heteroatoms. The third kappa shape index (κ3) is 6.32. The lowest BCUT2D eigenvalue weighted by molar-refractivity contribution is -0.153. The number of benzene rings is 2. The van der Waals surface area contributed by atoms with E-state index in [-0.39, 0.29) is 24.4 Å². The van der Waals surface area contributed by atoms with Gasteiger partial charge in [-0.05, 0) is 50.2 Å². The van der Waals surface area contributed by atoms with Gasteiger partial charge in [0.15, 0.2) is 17.7 Å². The molecule has 0 aliphatic rings. The molecule has 0 fully saturated rings. The van der Waals surface area contributed by atoms with Gasteiger partial charge in [-0.2, -0.15) is 0 Å². The normalized spacial score (nSPS) is 11.4. The molecule has 0 aliphatic carbocycles. The van der Waals surface area contributed by atoms with Crippen LogP contribution in [-0.2, 0) is 14.3 Å². The summed E-state index contributed by atoms with van der Waals surface area (Å²) in [6.07, 6.45) is -1.21. The summed E-state index contributed by atoms with van der Waals surface area (Å²) in [5, 5.41) is 3.11. The molecule has 2 rings (SSSR count). The second-order valence-corrected chi connectivity index (χ2v) is 6.62. The van der Waals surface area contributed by atoms with Gasteiger partial charge in [0.05, 0.1) is 6.42 Å². The summed E-state index contributed by atoms with van der Waals surface area (Å²) in [5.41, 5.74) is 1.34. The maximum Gasteiger partial charge on any atom is 0.307 e. The summed E-state index contributed by atoms with van der Waals surface area (Å²) in [6, 6.07) is 12.8. The zero-order valence-corrected chi connectivity index (χ0v) is 16.3. The van der Waals surface area contributed by atoms with Gasteiger partial charge in [0.1, 0.15) is 0 Å². The van der Waals surface area contributed by atoms with Crippen LogP contribution in [0.1, 0.15) is 47.4 Å². The summed E-state index contributed by atoms with van der Waals surface area (Å²) < 4.78 is 5.08. The van der Waals surface area contributed by atoms with E-state index in [1.807, 2.05) is 0 Å². The van der Waals surface area contributed by atoms with Crippen LogP contribution in [0.15, 0.2) is 48.5 Å². The van der Waals surface area contributed by atoms with E-state index in [1.54, 1.807) is 48.5 Å². The highest BCUT2D eigenvalue weighted by Crippen LogP contribution is 2.14. The Morgan fingerprint density at radius 3 is 2.32 bits per heavy atom. The number of hydrogen-bond donors (Lipinski definition) is 1. The minimum atomic E-state index is -1.04. The number of anilines is 1. The predicted octanol–water partition coefficient (Wildman–Crippen LogP) is 4.08. The molecule has 1 amide bonds. The number of esters is 1. The minimum Gasteiger partial charge on any atom is -0.453 e. The van der Waals surface area contributed by atoms with Crippen molar-refractivity contribution in [3.05, 3.63) is 64.7 Å². The van der Waals surface area contributed by atoms with Crippen molar-refractivity contribution in [2.45, 2.75) is 32.8 Å². The number of hydrogen-bond acceptors (Lipinski definition) is 5. The lowest BCUT2D eigenvalue weighted by Gasteiger charge is -2.14. The zero-order valence-electron chi connectivity index (χ0n) is 15.5. The maximum absolute atomic E-state index is 12.2. The molecule has 0 heterocycles. The first kappa shape index (κ1) is 21.3. The fourth-order valence-corrected chi connectivity index (χ4v) is 2.49. The van der Waals surface area contributed by atoms with Gasteiger partial charge in [-0.3, -0.25) is 19.2 Å². The summed E-state index contributed by atoms with van der Waals surface area (Å²) in [7, 11) is 0. The van der Waals surface area contributed by atoms with Crippen molar-refractivity contribution in [2.75, 3.05) is 5.32 Å². The molecule has 6 nitrogen and oxygen atoms in total. The van der Waals surface area contributed by atoms with E-state index < -0.39 is 18.0 Å². The number of ketones is 2. The van der Waals surface area contributed by atoms with Crippen molar-refractivity contribution in [1.29, 1.82) is 0 Å². The second kappa shape index (κ2) is 9.80. The SMILES string of the molecule is CC(=O)c1cccc(NC(=O)[C@@H](C)OC(=O)CCC(=O)c2ccc(Cl)cc2)c1. The van der Waals surface area contributed by atoms with E-state index in [0.717, 1.165) is 0 Å². The number of ether oxygens (including phenoxy) is 1. The molecule has 1 atom stereocenters. The second-order valence-electron chi connectivity index (χ2n) is 6.19. The number of carbonyl (C=O) groups is 4. The standard InChI is InChI=1S/C21H20ClNO5/c1-13(24)16-4-3-5-18(12-16)23-21(27)14(2)28-20(26)11-10-19(25)15-6-8-17(22)9-7-15/h3-9,12,14H,10-11H2,1-2H3,(H,23,27)/t14-/m1/s1. The highest BCUT2D eigenvalue weighted by atomic mass is 35.5. The molecular formula is C21H20ClNO5. The molecule has 0 bridgehead atoms. The van der Waals surface area contributed by atoms with Crippen LogP contribution >= 0.6 is 11.6 Å². The van der Waals surface area contributed by atoms with Gasteiger partial charge in [0, 0.05) is 28.3 Å². The average molecular weight is 402 g/mol. The number of amides is 1. The third-order valence-corrected chi connectivity index (χ3v) is 4.19. The predicted molar refractivity (Wildman–Crippen MR) is 106 cm³/mol. The average Bonchev–Trinajstić information content (AvgIpc) is 2.66. The van der Waals surface area contributed by atoms with Crippen molar-refractivity contribution in [3.8, 4) is 0 Å². The van der Waals surface area contributed by atoms with E-state index in [1.165, 1.54) is 13.8 Å². The number of carbonyl (C=O) groups excluding carboxylic acids is 4. The zero-order chi connectivity index (χ0) is 20.7. The van der Waals surface area contributed by atoms with Crippen LogP contribution in [0.4, 0.5) is 5.69 Å².